The number of aryl methyl sites for hydroxylation is 3. The number of esters is 1. The molecule has 10 heteroatoms. The fourth-order valence-electron chi connectivity index (χ4n) is 4.96. The number of H-pyrrole nitrogens is 1. The van der Waals surface area contributed by atoms with Gasteiger partial charge in [0.05, 0.1) is 36.6 Å². The van der Waals surface area contributed by atoms with Gasteiger partial charge in [-0.25, -0.2) is 14.8 Å². The van der Waals surface area contributed by atoms with Gasteiger partial charge in [0.15, 0.2) is 11.5 Å². The second kappa shape index (κ2) is 8.51. The largest absolute Gasteiger partial charge is 0.496 e. The van der Waals surface area contributed by atoms with E-state index < -0.39 is 5.97 Å². The number of fused-ring (bicyclic) bond motifs is 4. The lowest BCUT2D eigenvalue weighted by molar-refractivity contribution is 0.0590. The van der Waals surface area contributed by atoms with Gasteiger partial charge in [-0.3, -0.25) is 0 Å². The molecule has 0 bridgehead atoms. The van der Waals surface area contributed by atoms with Gasteiger partial charge < -0.3 is 28.5 Å². The van der Waals surface area contributed by atoms with Crippen molar-refractivity contribution in [2.45, 2.75) is 20.8 Å². The number of methoxy groups -OCH3 is 2. The van der Waals surface area contributed by atoms with Crippen molar-refractivity contribution in [3.05, 3.63) is 47.1 Å². The highest BCUT2D eigenvalue weighted by atomic mass is 16.6. The number of aromatic nitrogens is 4. The summed E-state index contributed by atoms with van der Waals surface area (Å²) < 4.78 is 28.0. The Bertz CT molecular complexity index is 1700. The maximum Gasteiger partial charge on any atom is 0.341 e. The molecule has 1 aliphatic rings. The third kappa shape index (κ3) is 3.47. The first-order chi connectivity index (χ1) is 17.9. The van der Waals surface area contributed by atoms with Crippen molar-refractivity contribution < 1.29 is 28.3 Å². The third-order valence-corrected chi connectivity index (χ3v) is 6.53. The summed E-state index contributed by atoms with van der Waals surface area (Å²) in [6.45, 7) is 6.28. The summed E-state index contributed by atoms with van der Waals surface area (Å²) in [6, 6.07) is 7.44. The van der Waals surface area contributed by atoms with Crippen molar-refractivity contribution in [2.75, 3.05) is 27.4 Å². The van der Waals surface area contributed by atoms with Crippen LogP contribution in [0, 0.1) is 20.8 Å². The van der Waals surface area contributed by atoms with Gasteiger partial charge >= 0.3 is 5.97 Å². The number of aromatic amines is 1. The molecule has 188 valence electrons. The quantitative estimate of drug-likeness (QED) is 0.343. The molecule has 0 saturated heterocycles. The number of ether oxygens (including phenoxy) is 4. The maximum absolute atomic E-state index is 12.4. The van der Waals surface area contributed by atoms with Crippen LogP contribution < -0.4 is 14.2 Å². The third-order valence-electron chi connectivity index (χ3n) is 6.53. The molecule has 0 unspecified atom stereocenters. The van der Waals surface area contributed by atoms with Crippen LogP contribution in [0.1, 0.15) is 27.6 Å². The standard InChI is InChI=1S/C27H24N4O6/c1-12-21(13(2)37-31-12)18-10-19-17(11-20(18)33-4)22-23(28-14(3)29-26(22)30-19)15-6-7-16(27(32)34-5)25-24(15)35-8-9-36-25/h6-7,10-11H,8-9H2,1-5H3,(H,28,29,30). The van der Waals surface area contributed by atoms with Crippen LogP contribution in [-0.4, -0.2) is 53.5 Å². The van der Waals surface area contributed by atoms with Crippen LogP contribution in [0.2, 0.25) is 0 Å². The summed E-state index contributed by atoms with van der Waals surface area (Å²) in [7, 11) is 2.96. The lowest BCUT2D eigenvalue weighted by Crippen LogP contribution is -2.19. The van der Waals surface area contributed by atoms with Crippen molar-refractivity contribution >= 4 is 27.9 Å². The van der Waals surface area contributed by atoms with E-state index in [-0.39, 0.29) is 0 Å². The van der Waals surface area contributed by atoms with Crippen molar-refractivity contribution in [1.29, 1.82) is 0 Å². The highest BCUT2D eigenvalue weighted by molar-refractivity contribution is 6.14. The predicted octanol–water partition coefficient (Wildman–Crippen LogP) is 4.92. The van der Waals surface area contributed by atoms with Crippen molar-refractivity contribution in [3.8, 4) is 39.6 Å². The molecule has 0 fully saturated rings. The van der Waals surface area contributed by atoms with Gasteiger partial charge in [-0.2, -0.15) is 0 Å². The number of hydrogen-bond acceptors (Lipinski definition) is 9. The van der Waals surface area contributed by atoms with Gasteiger partial charge in [0.2, 0.25) is 0 Å². The Kier molecular flexibility index (Phi) is 5.25. The molecule has 37 heavy (non-hydrogen) atoms. The zero-order valence-corrected chi connectivity index (χ0v) is 21.0. The summed E-state index contributed by atoms with van der Waals surface area (Å²) in [4.78, 5) is 25.3. The van der Waals surface area contributed by atoms with Gasteiger partial charge in [0.1, 0.15) is 41.8 Å². The molecule has 0 saturated carbocycles. The fourth-order valence-corrected chi connectivity index (χ4v) is 4.96. The van der Waals surface area contributed by atoms with Crippen LogP contribution >= 0.6 is 0 Å². The normalized spacial score (nSPS) is 12.8. The Labute approximate surface area is 211 Å². The highest BCUT2D eigenvalue weighted by Gasteiger charge is 2.28. The summed E-state index contributed by atoms with van der Waals surface area (Å²) in [5.41, 5.74) is 5.68. The summed E-state index contributed by atoms with van der Waals surface area (Å²) in [5, 5.41) is 5.77. The Balaban J connectivity index is 1.65. The predicted molar refractivity (Wildman–Crippen MR) is 135 cm³/mol. The van der Waals surface area contributed by atoms with Crippen molar-refractivity contribution in [1.82, 2.24) is 20.1 Å². The number of nitrogens with zero attached hydrogens (tertiary/aromatic N) is 3. The molecule has 1 aliphatic heterocycles. The van der Waals surface area contributed by atoms with Gasteiger partial charge in [-0.05, 0) is 45.0 Å². The van der Waals surface area contributed by atoms with Crippen LogP contribution in [-0.2, 0) is 4.74 Å². The number of benzene rings is 2. The highest BCUT2D eigenvalue weighted by Crippen LogP contribution is 2.46. The molecule has 2 aromatic carbocycles. The van der Waals surface area contributed by atoms with E-state index in [1.165, 1.54) is 7.11 Å². The minimum Gasteiger partial charge on any atom is -0.496 e. The molecular formula is C27H24N4O6. The fraction of sp³-hybridized carbons (Fsp3) is 0.259. The van der Waals surface area contributed by atoms with E-state index in [4.69, 9.17) is 28.5 Å². The number of nitrogens with one attached hydrogen (secondary N) is 1. The van der Waals surface area contributed by atoms with E-state index in [1.54, 1.807) is 19.2 Å². The first-order valence-electron chi connectivity index (χ1n) is 11.7. The van der Waals surface area contributed by atoms with E-state index in [0.29, 0.717) is 64.5 Å². The van der Waals surface area contributed by atoms with Gasteiger partial charge in [-0.1, -0.05) is 5.16 Å². The Morgan fingerprint density at radius 3 is 2.49 bits per heavy atom. The first kappa shape index (κ1) is 22.8. The summed E-state index contributed by atoms with van der Waals surface area (Å²) in [5.74, 6) is 2.24. The van der Waals surface area contributed by atoms with E-state index in [0.717, 1.165) is 33.1 Å². The minimum absolute atomic E-state index is 0.299. The minimum atomic E-state index is -0.499. The summed E-state index contributed by atoms with van der Waals surface area (Å²) >= 11 is 0. The van der Waals surface area contributed by atoms with Crippen molar-refractivity contribution in [3.63, 3.8) is 0 Å². The molecule has 1 N–H and O–H groups in total. The van der Waals surface area contributed by atoms with Crippen LogP contribution in [0.25, 0.3) is 44.3 Å². The van der Waals surface area contributed by atoms with Gasteiger partial charge in [0, 0.05) is 22.0 Å². The average Bonchev–Trinajstić information content (AvgIpc) is 3.43. The van der Waals surface area contributed by atoms with Crippen molar-refractivity contribution in [2.24, 2.45) is 0 Å². The zero-order valence-electron chi connectivity index (χ0n) is 21.0. The SMILES string of the molecule is COC(=O)c1ccc(-c2nc(C)nc3[nH]c4cc(-c5c(C)noc5C)c(OC)cc4c23)c2c1OCCO2. The topological polar surface area (TPSA) is 122 Å². The second-order valence-electron chi connectivity index (χ2n) is 8.77. The number of rotatable bonds is 4. The van der Waals surface area contributed by atoms with E-state index >= 15 is 0 Å². The van der Waals surface area contributed by atoms with Gasteiger partial charge in [-0.15, -0.1) is 0 Å². The van der Waals surface area contributed by atoms with Crippen LogP contribution in [0.15, 0.2) is 28.8 Å². The number of hydrogen-bond donors (Lipinski definition) is 1. The molecule has 0 amide bonds. The Hall–Kier alpha value is -4.60. The maximum atomic E-state index is 12.4. The van der Waals surface area contributed by atoms with Crippen LogP contribution in [0.3, 0.4) is 0 Å². The van der Waals surface area contributed by atoms with E-state index in [9.17, 15) is 4.79 Å². The van der Waals surface area contributed by atoms with Crippen LogP contribution in [0.5, 0.6) is 17.2 Å². The molecule has 4 heterocycles. The molecule has 0 spiro atoms. The molecule has 0 radical (unpaired) electrons. The van der Waals surface area contributed by atoms with Crippen LogP contribution in [0.4, 0.5) is 0 Å². The van der Waals surface area contributed by atoms with Gasteiger partial charge in [0.25, 0.3) is 0 Å². The lowest BCUT2D eigenvalue weighted by Gasteiger charge is -2.23. The smallest absolute Gasteiger partial charge is 0.341 e. The molecular weight excluding hydrogens is 476 g/mol. The lowest BCUT2D eigenvalue weighted by atomic mass is 9.98. The average molecular weight is 501 g/mol. The zero-order chi connectivity index (χ0) is 25.8. The van der Waals surface area contributed by atoms with E-state index in [1.807, 2.05) is 32.9 Å². The molecule has 10 nitrogen and oxygen atoms in total. The first-order valence-corrected chi connectivity index (χ1v) is 11.7. The second-order valence-corrected chi connectivity index (χ2v) is 8.77. The Morgan fingerprint density at radius 2 is 1.78 bits per heavy atom. The molecule has 0 aliphatic carbocycles. The van der Waals surface area contributed by atoms with E-state index in [2.05, 4.69) is 15.1 Å². The summed E-state index contributed by atoms with van der Waals surface area (Å²) in [6.07, 6.45) is 0. The monoisotopic (exact) mass is 500 g/mol. The number of carbonyl (C=O) groups excluding carboxylic acids is 1. The molecule has 6 rings (SSSR count). The number of carbonyl (C=O) groups is 1. The molecule has 5 aromatic rings. The Morgan fingerprint density at radius 1 is 1.00 bits per heavy atom. The molecule has 3 aromatic heterocycles. The molecule has 0 atom stereocenters.